The highest BCUT2D eigenvalue weighted by atomic mass is 16.3. The summed E-state index contributed by atoms with van der Waals surface area (Å²) in [4.78, 5) is 2.29. The van der Waals surface area contributed by atoms with Crippen LogP contribution >= 0.6 is 0 Å². The minimum atomic E-state index is 0.274. The highest BCUT2D eigenvalue weighted by molar-refractivity contribution is 5.71. The second-order valence-electron chi connectivity index (χ2n) is 6.59. The zero-order valence-electron chi connectivity index (χ0n) is 14.6. The lowest BCUT2D eigenvalue weighted by molar-refractivity contribution is 0.475. The van der Waals surface area contributed by atoms with E-state index in [1.54, 1.807) is 12.1 Å². The fourth-order valence-corrected chi connectivity index (χ4v) is 3.64. The van der Waals surface area contributed by atoms with Gasteiger partial charge in [-0.1, -0.05) is 61.7 Å². The number of hydrogen-bond acceptors (Lipinski definition) is 2. The van der Waals surface area contributed by atoms with Crippen molar-refractivity contribution < 1.29 is 5.11 Å². The van der Waals surface area contributed by atoms with Gasteiger partial charge >= 0.3 is 0 Å². The van der Waals surface area contributed by atoms with Gasteiger partial charge in [-0.3, -0.25) is 0 Å². The van der Waals surface area contributed by atoms with E-state index in [1.807, 2.05) is 24.3 Å². The monoisotopic (exact) mass is 339 g/mol. The molecule has 1 aliphatic rings. The van der Waals surface area contributed by atoms with Crippen molar-refractivity contribution in [2.24, 2.45) is 0 Å². The lowest BCUT2D eigenvalue weighted by Crippen LogP contribution is -2.38. The molecular formula is C24H21NO. The van der Waals surface area contributed by atoms with Crippen molar-refractivity contribution in [3.8, 4) is 16.9 Å². The first-order valence-electron chi connectivity index (χ1n) is 8.75. The van der Waals surface area contributed by atoms with E-state index in [2.05, 4.69) is 60.5 Å². The van der Waals surface area contributed by atoms with Gasteiger partial charge in [-0.05, 0) is 52.6 Å². The Bertz CT molecular complexity index is 975. The van der Waals surface area contributed by atoms with Gasteiger partial charge in [-0.25, -0.2) is 0 Å². The number of para-hydroxylation sites is 1. The summed E-state index contributed by atoms with van der Waals surface area (Å²) in [6.45, 7) is 8.21. The van der Waals surface area contributed by atoms with E-state index in [9.17, 15) is 5.11 Å². The molecule has 128 valence electrons. The van der Waals surface area contributed by atoms with Crippen molar-refractivity contribution in [1.82, 2.24) is 0 Å². The van der Waals surface area contributed by atoms with Crippen LogP contribution in [0.25, 0.3) is 17.2 Å². The Kier molecular flexibility index (Phi) is 4.10. The Hall–Kier alpha value is -3.26. The molecule has 0 spiro atoms. The first kappa shape index (κ1) is 16.2. The largest absolute Gasteiger partial charge is 0.508 e. The van der Waals surface area contributed by atoms with Crippen molar-refractivity contribution in [1.29, 1.82) is 0 Å². The summed E-state index contributed by atoms with van der Waals surface area (Å²) in [5.74, 6) is 0.275. The maximum absolute atomic E-state index is 9.74. The molecule has 1 unspecified atom stereocenters. The number of rotatable bonds is 4. The molecule has 4 rings (SSSR count). The minimum Gasteiger partial charge on any atom is -0.508 e. The Morgan fingerprint density at radius 3 is 2.38 bits per heavy atom. The average Bonchev–Trinajstić information content (AvgIpc) is 2.66. The molecule has 3 aromatic rings. The van der Waals surface area contributed by atoms with Crippen molar-refractivity contribution in [3.05, 3.63) is 103 Å². The van der Waals surface area contributed by atoms with Gasteiger partial charge in [0.15, 0.2) is 0 Å². The summed E-state index contributed by atoms with van der Waals surface area (Å²) in [5.41, 5.74) is 6.74. The van der Waals surface area contributed by atoms with Gasteiger partial charge in [0.05, 0.1) is 6.04 Å². The number of phenolic OH excluding ortho intramolecular Hbond substituents is 1. The van der Waals surface area contributed by atoms with Crippen LogP contribution in [0.15, 0.2) is 91.7 Å². The zero-order chi connectivity index (χ0) is 18.1. The van der Waals surface area contributed by atoms with Gasteiger partial charge < -0.3 is 10.0 Å². The van der Waals surface area contributed by atoms with Gasteiger partial charge in [-0.2, -0.15) is 0 Å². The molecule has 1 atom stereocenters. The highest BCUT2D eigenvalue weighted by Gasteiger charge is 2.34. The van der Waals surface area contributed by atoms with Gasteiger partial charge in [0.25, 0.3) is 0 Å². The van der Waals surface area contributed by atoms with E-state index in [0.29, 0.717) is 0 Å². The molecule has 2 nitrogen and oxygen atoms in total. The first-order valence-corrected chi connectivity index (χ1v) is 8.75. The molecule has 1 heterocycles. The van der Waals surface area contributed by atoms with E-state index < -0.39 is 0 Å². The molecule has 1 saturated heterocycles. The summed E-state index contributed by atoms with van der Waals surface area (Å²) in [6.07, 6.45) is 2.85. The number of hydrogen-bond donors (Lipinski definition) is 1. The summed E-state index contributed by atoms with van der Waals surface area (Å²) >= 11 is 0. The van der Waals surface area contributed by atoms with Crippen LogP contribution in [0, 0.1) is 0 Å². The third kappa shape index (κ3) is 2.80. The predicted octanol–water partition coefficient (Wildman–Crippen LogP) is 6.17. The smallest absolute Gasteiger partial charge is 0.116 e. The van der Waals surface area contributed by atoms with Crippen LogP contribution in [0.1, 0.15) is 23.6 Å². The molecule has 26 heavy (non-hydrogen) atoms. The Balaban J connectivity index is 1.71. The van der Waals surface area contributed by atoms with Crippen LogP contribution in [-0.2, 0) is 0 Å². The van der Waals surface area contributed by atoms with Gasteiger partial charge in [-0.15, -0.1) is 0 Å². The van der Waals surface area contributed by atoms with Crippen LogP contribution in [0.5, 0.6) is 5.75 Å². The molecule has 0 saturated carbocycles. The normalized spacial score (nSPS) is 16.2. The molecule has 1 fully saturated rings. The second-order valence-corrected chi connectivity index (χ2v) is 6.59. The number of aromatic hydroxyl groups is 1. The minimum absolute atomic E-state index is 0.274. The standard InChI is InChI=1S/C24H21NO/c1-3-18-15-20(19-8-7-11-22(26)16-19)12-13-23(18)24-14-17(2)25(24)21-9-5-4-6-10-21/h3-13,15-16,24,26H,1-2,14H2. The van der Waals surface area contributed by atoms with Crippen molar-refractivity contribution >= 4 is 11.8 Å². The van der Waals surface area contributed by atoms with Crippen molar-refractivity contribution in [3.63, 3.8) is 0 Å². The molecule has 0 radical (unpaired) electrons. The van der Waals surface area contributed by atoms with Gasteiger partial charge in [0.1, 0.15) is 5.75 Å². The fraction of sp³-hybridized carbons (Fsp3) is 0.0833. The Morgan fingerprint density at radius 2 is 1.69 bits per heavy atom. The fourth-order valence-electron chi connectivity index (χ4n) is 3.64. The topological polar surface area (TPSA) is 23.5 Å². The van der Waals surface area contributed by atoms with Crippen LogP contribution in [0.3, 0.4) is 0 Å². The zero-order valence-corrected chi connectivity index (χ0v) is 14.6. The molecular weight excluding hydrogens is 318 g/mol. The summed E-state index contributed by atoms with van der Waals surface area (Å²) in [7, 11) is 0. The molecule has 1 aliphatic heterocycles. The molecule has 0 bridgehead atoms. The van der Waals surface area contributed by atoms with Gasteiger partial charge in [0, 0.05) is 17.8 Å². The highest BCUT2D eigenvalue weighted by Crippen LogP contribution is 2.45. The summed E-state index contributed by atoms with van der Waals surface area (Å²) in [6, 6.07) is 24.4. The lowest BCUT2D eigenvalue weighted by atomic mass is 9.86. The Labute approximate surface area is 154 Å². The Morgan fingerprint density at radius 1 is 0.923 bits per heavy atom. The molecule has 0 aliphatic carbocycles. The van der Waals surface area contributed by atoms with Crippen LogP contribution in [0.2, 0.25) is 0 Å². The van der Waals surface area contributed by atoms with Crippen molar-refractivity contribution in [2.45, 2.75) is 12.5 Å². The quantitative estimate of drug-likeness (QED) is 0.614. The van der Waals surface area contributed by atoms with Crippen molar-refractivity contribution in [2.75, 3.05) is 4.90 Å². The van der Waals surface area contributed by atoms with Crippen LogP contribution < -0.4 is 4.90 Å². The summed E-state index contributed by atoms with van der Waals surface area (Å²) in [5, 5.41) is 9.74. The average molecular weight is 339 g/mol. The molecule has 3 aromatic carbocycles. The van der Waals surface area contributed by atoms with E-state index in [0.717, 1.165) is 28.8 Å². The summed E-state index contributed by atoms with van der Waals surface area (Å²) < 4.78 is 0. The van der Waals surface area contributed by atoms with E-state index in [1.165, 1.54) is 11.3 Å². The number of anilines is 1. The van der Waals surface area contributed by atoms with E-state index in [4.69, 9.17) is 0 Å². The van der Waals surface area contributed by atoms with Gasteiger partial charge in [0.2, 0.25) is 0 Å². The predicted molar refractivity (Wildman–Crippen MR) is 109 cm³/mol. The lowest BCUT2D eigenvalue weighted by Gasteiger charge is -2.45. The van der Waals surface area contributed by atoms with Crippen LogP contribution in [0.4, 0.5) is 5.69 Å². The third-order valence-corrected chi connectivity index (χ3v) is 4.96. The van der Waals surface area contributed by atoms with Crippen LogP contribution in [-0.4, -0.2) is 5.11 Å². The number of nitrogens with zero attached hydrogens (tertiary/aromatic N) is 1. The molecule has 2 heteroatoms. The molecule has 0 amide bonds. The van der Waals surface area contributed by atoms with E-state index >= 15 is 0 Å². The first-order chi connectivity index (χ1) is 12.7. The number of benzene rings is 3. The molecule has 1 N–H and O–H groups in total. The maximum atomic E-state index is 9.74. The SMILES string of the molecule is C=Cc1cc(-c2cccc(O)c2)ccc1C1CC(=C)N1c1ccccc1. The third-order valence-electron chi connectivity index (χ3n) is 4.96. The van der Waals surface area contributed by atoms with E-state index in [-0.39, 0.29) is 11.8 Å². The maximum Gasteiger partial charge on any atom is 0.116 e. The second kappa shape index (κ2) is 6.57. The number of phenols is 1. The molecule has 0 aromatic heterocycles.